The summed E-state index contributed by atoms with van der Waals surface area (Å²) in [6, 6.07) is 8.10. The van der Waals surface area contributed by atoms with Crippen LogP contribution in [0.4, 0.5) is 4.39 Å². The van der Waals surface area contributed by atoms with Gasteiger partial charge in [0.05, 0.1) is 19.4 Å². The lowest BCUT2D eigenvalue weighted by molar-refractivity contribution is 0.100. The van der Waals surface area contributed by atoms with Gasteiger partial charge in [0.15, 0.2) is 4.80 Å². The molecule has 0 aliphatic rings. The smallest absolute Gasteiger partial charge is 0.289 e. The number of halogens is 2. The van der Waals surface area contributed by atoms with Crippen molar-refractivity contribution in [1.82, 2.24) is 4.57 Å². The largest absolute Gasteiger partial charge is 0.310 e. The van der Waals surface area contributed by atoms with Crippen LogP contribution in [-0.4, -0.2) is 10.5 Å². The first kappa shape index (κ1) is 15.1. The summed E-state index contributed by atoms with van der Waals surface area (Å²) in [6.45, 7) is 4.05. The molecule has 1 amide bonds. The number of hydrogen-bond acceptors (Lipinski definition) is 3. The van der Waals surface area contributed by atoms with Crippen LogP contribution in [0.25, 0.3) is 10.2 Å². The Morgan fingerprint density at radius 2 is 2.18 bits per heavy atom. The van der Waals surface area contributed by atoms with Gasteiger partial charge < -0.3 is 4.57 Å². The zero-order chi connectivity index (χ0) is 15.7. The van der Waals surface area contributed by atoms with E-state index in [9.17, 15) is 9.18 Å². The monoisotopic (exact) mass is 352 g/mol. The first-order valence-electron chi connectivity index (χ1n) is 6.33. The first-order chi connectivity index (χ1) is 10.6. The zero-order valence-electron chi connectivity index (χ0n) is 11.3. The molecule has 0 atom stereocenters. The van der Waals surface area contributed by atoms with Gasteiger partial charge in [-0.3, -0.25) is 4.79 Å². The summed E-state index contributed by atoms with van der Waals surface area (Å²) in [5, 5.41) is 0. The Morgan fingerprint density at radius 1 is 1.36 bits per heavy atom. The highest BCUT2D eigenvalue weighted by molar-refractivity contribution is 7.18. The van der Waals surface area contributed by atoms with Gasteiger partial charge in [0, 0.05) is 6.54 Å². The molecular weight excluding hydrogens is 343 g/mol. The Hall–Kier alpha value is -1.76. The highest BCUT2D eigenvalue weighted by Gasteiger charge is 2.12. The van der Waals surface area contributed by atoms with Crippen molar-refractivity contribution in [1.29, 1.82) is 0 Å². The number of hydrogen-bond donors (Lipinski definition) is 0. The van der Waals surface area contributed by atoms with Crippen molar-refractivity contribution < 1.29 is 9.18 Å². The van der Waals surface area contributed by atoms with Crippen molar-refractivity contribution in [3.05, 3.63) is 62.8 Å². The van der Waals surface area contributed by atoms with E-state index in [1.54, 1.807) is 34.9 Å². The van der Waals surface area contributed by atoms with Crippen molar-refractivity contribution in [2.45, 2.75) is 6.54 Å². The minimum atomic E-state index is -0.387. The molecule has 0 N–H and O–H groups in total. The third kappa shape index (κ3) is 2.77. The quantitative estimate of drug-likeness (QED) is 0.640. The first-order valence-corrected chi connectivity index (χ1v) is 8.34. The van der Waals surface area contributed by atoms with E-state index in [2.05, 4.69) is 11.6 Å². The van der Waals surface area contributed by atoms with Crippen molar-refractivity contribution >= 4 is 50.4 Å². The predicted molar refractivity (Wildman–Crippen MR) is 89.2 cm³/mol. The van der Waals surface area contributed by atoms with Crippen LogP contribution in [0, 0.1) is 5.82 Å². The fourth-order valence-corrected chi connectivity index (χ4v) is 4.02. The number of para-hydroxylation sites is 1. The molecule has 3 rings (SSSR count). The number of nitrogens with zero attached hydrogens (tertiary/aromatic N) is 2. The maximum atomic E-state index is 14.1. The normalized spacial score (nSPS) is 12.0. The van der Waals surface area contributed by atoms with Gasteiger partial charge in [0.1, 0.15) is 5.82 Å². The Kier molecular flexibility index (Phi) is 4.24. The lowest BCUT2D eigenvalue weighted by Crippen LogP contribution is -2.16. The average molecular weight is 353 g/mol. The minimum Gasteiger partial charge on any atom is -0.310 e. The van der Waals surface area contributed by atoms with Gasteiger partial charge in [-0.25, -0.2) is 4.39 Å². The molecule has 0 saturated carbocycles. The summed E-state index contributed by atoms with van der Waals surface area (Å²) < 4.78 is 17.0. The molecular formula is C15H10ClFN2OS2. The summed E-state index contributed by atoms with van der Waals surface area (Å²) in [7, 11) is 0. The van der Waals surface area contributed by atoms with E-state index in [1.807, 2.05) is 0 Å². The van der Waals surface area contributed by atoms with E-state index in [0.29, 0.717) is 26.1 Å². The van der Waals surface area contributed by atoms with Gasteiger partial charge >= 0.3 is 0 Å². The standard InChI is InChI=1S/C15H10ClFN2OS2/c1-2-8-19-13-9(17)4-3-5-10(13)22-15(19)18-14(20)11-6-7-12(16)21-11/h2-7H,1,8H2. The van der Waals surface area contributed by atoms with Crippen LogP contribution in [0.1, 0.15) is 9.67 Å². The van der Waals surface area contributed by atoms with Crippen LogP contribution < -0.4 is 4.80 Å². The lowest BCUT2D eigenvalue weighted by atomic mass is 10.3. The molecule has 22 heavy (non-hydrogen) atoms. The number of carbonyl (C=O) groups is 1. The van der Waals surface area contributed by atoms with Gasteiger partial charge in [-0.15, -0.1) is 17.9 Å². The fraction of sp³-hybridized carbons (Fsp3) is 0.0667. The minimum absolute atomic E-state index is 0.344. The molecule has 0 aliphatic heterocycles. The van der Waals surface area contributed by atoms with Gasteiger partial charge in [-0.2, -0.15) is 4.99 Å². The molecule has 0 saturated heterocycles. The van der Waals surface area contributed by atoms with Crippen LogP contribution in [-0.2, 0) is 6.54 Å². The molecule has 2 aromatic heterocycles. The van der Waals surface area contributed by atoms with Gasteiger partial charge in [0.25, 0.3) is 5.91 Å². The summed E-state index contributed by atoms with van der Waals surface area (Å²) in [6.07, 6.45) is 1.64. The van der Waals surface area contributed by atoms with Gasteiger partial charge in [-0.05, 0) is 24.3 Å². The van der Waals surface area contributed by atoms with E-state index >= 15 is 0 Å². The molecule has 0 bridgehead atoms. The third-order valence-electron chi connectivity index (χ3n) is 2.94. The summed E-state index contributed by atoms with van der Waals surface area (Å²) in [5.41, 5.74) is 0.433. The second kappa shape index (κ2) is 6.16. The molecule has 1 aromatic carbocycles. The van der Waals surface area contributed by atoms with Crippen LogP contribution in [0.3, 0.4) is 0 Å². The molecule has 0 fully saturated rings. The SMILES string of the molecule is C=CCn1c(=NC(=O)c2ccc(Cl)s2)sc2cccc(F)c21. The van der Waals surface area contributed by atoms with Crippen LogP contribution >= 0.6 is 34.3 Å². The molecule has 3 nitrogen and oxygen atoms in total. The second-order valence-electron chi connectivity index (χ2n) is 4.39. The number of amides is 1. The number of aromatic nitrogens is 1. The van der Waals surface area contributed by atoms with E-state index in [0.717, 1.165) is 4.70 Å². The Balaban J connectivity index is 2.19. The van der Waals surface area contributed by atoms with Gasteiger partial charge in [-0.1, -0.05) is 35.1 Å². The third-order valence-corrected chi connectivity index (χ3v) is 5.21. The lowest BCUT2D eigenvalue weighted by Gasteiger charge is -2.01. The number of fused-ring (bicyclic) bond motifs is 1. The predicted octanol–water partition coefficient (Wildman–Crippen LogP) is 4.48. The average Bonchev–Trinajstić information content (AvgIpc) is 3.05. The van der Waals surface area contributed by atoms with Crippen LogP contribution in [0.5, 0.6) is 0 Å². The number of allylic oxidation sites excluding steroid dienone is 1. The highest BCUT2D eigenvalue weighted by atomic mass is 35.5. The number of thiophene rings is 1. The number of rotatable bonds is 3. The van der Waals surface area contributed by atoms with Crippen LogP contribution in [0.15, 0.2) is 48.0 Å². The number of benzene rings is 1. The highest BCUT2D eigenvalue weighted by Crippen LogP contribution is 2.23. The Morgan fingerprint density at radius 3 is 2.86 bits per heavy atom. The summed E-state index contributed by atoms with van der Waals surface area (Å²) >= 11 is 8.27. The molecule has 3 aromatic rings. The van der Waals surface area contributed by atoms with Crippen molar-refractivity contribution in [3.8, 4) is 0 Å². The van der Waals surface area contributed by atoms with Gasteiger partial charge in [0.2, 0.25) is 0 Å². The molecule has 7 heteroatoms. The number of carbonyl (C=O) groups excluding carboxylic acids is 1. The maximum Gasteiger partial charge on any atom is 0.289 e. The summed E-state index contributed by atoms with van der Waals surface area (Å²) in [5.74, 6) is -0.731. The molecule has 2 heterocycles. The van der Waals surface area contributed by atoms with Crippen LogP contribution in [0.2, 0.25) is 4.34 Å². The molecule has 112 valence electrons. The maximum absolute atomic E-state index is 14.1. The number of thiazole rings is 1. The van der Waals surface area contributed by atoms with E-state index in [4.69, 9.17) is 11.6 Å². The van der Waals surface area contributed by atoms with E-state index in [1.165, 1.54) is 28.7 Å². The summed E-state index contributed by atoms with van der Waals surface area (Å²) in [4.78, 5) is 17.2. The van der Waals surface area contributed by atoms with E-state index < -0.39 is 0 Å². The fourth-order valence-electron chi connectivity index (χ4n) is 2.04. The molecule has 0 spiro atoms. The van der Waals surface area contributed by atoms with Crippen molar-refractivity contribution in [2.75, 3.05) is 0 Å². The second-order valence-corrected chi connectivity index (χ2v) is 7.12. The Labute approximate surface area is 138 Å². The molecule has 0 unspecified atom stereocenters. The molecule has 0 radical (unpaired) electrons. The van der Waals surface area contributed by atoms with E-state index in [-0.39, 0.29) is 11.7 Å². The Bertz CT molecular complexity index is 939. The van der Waals surface area contributed by atoms with Crippen molar-refractivity contribution in [3.63, 3.8) is 0 Å². The molecule has 0 aliphatic carbocycles. The zero-order valence-corrected chi connectivity index (χ0v) is 13.6. The van der Waals surface area contributed by atoms with Crippen molar-refractivity contribution in [2.24, 2.45) is 4.99 Å². The topological polar surface area (TPSA) is 34.4 Å².